The van der Waals surface area contributed by atoms with E-state index in [9.17, 15) is 0 Å². The van der Waals surface area contributed by atoms with E-state index in [1.165, 1.54) is 16.7 Å². The van der Waals surface area contributed by atoms with Crippen LogP contribution in [0.1, 0.15) is 25.0 Å². The molecule has 0 unspecified atom stereocenters. The van der Waals surface area contributed by atoms with Crippen molar-refractivity contribution in [2.75, 3.05) is 0 Å². The average Bonchev–Trinajstić information content (AvgIpc) is 2.48. The lowest BCUT2D eigenvalue weighted by atomic mass is 9.98. The number of hydrogen-bond donors (Lipinski definition) is 0. The molecule has 2 rings (SSSR count). The van der Waals surface area contributed by atoms with Gasteiger partial charge in [0.05, 0.1) is 0 Å². The van der Waals surface area contributed by atoms with E-state index >= 15 is 0 Å². The van der Waals surface area contributed by atoms with Crippen molar-refractivity contribution in [1.29, 1.82) is 0 Å². The molecule has 1 radical (unpaired) electrons. The lowest BCUT2D eigenvalue weighted by Crippen LogP contribution is -1.91. The smallest absolute Gasteiger partial charge is 0.00645 e. The zero-order valence-electron chi connectivity index (χ0n) is 8.25. The highest BCUT2D eigenvalue weighted by Crippen LogP contribution is 2.30. The summed E-state index contributed by atoms with van der Waals surface area (Å²) in [6, 6.07) is 8.66. The fourth-order valence-corrected chi connectivity index (χ4v) is 1.83. The third-order valence-corrected chi connectivity index (χ3v) is 2.38. The van der Waals surface area contributed by atoms with Gasteiger partial charge in [0.1, 0.15) is 0 Å². The molecule has 0 heteroatoms. The van der Waals surface area contributed by atoms with E-state index in [0.29, 0.717) is 5.92 Å². The Morgan fingerprint density at radius 1 is 1.23 bits per heavy atom. The molecular weight excluding hydrogens is 156 g/mol. The second-order valence-corrected chi connectivity index (χ2v) is 3.93. The van der Waals surface area contributed by atoms with Crippen LogP contribution in [0.25, 0.3) is 5.57 Å². The minimum absolute atomic E-state index is 0.636. The van der Waals surface area contributed by atoms with Crippen LogP contribution in [-0.4, -0.2) is 0 Å². The van der Waals surface area contributed by atoms with Crippen molar-refractivity contribution in [2.24, 2.45) is 5.92 Å². The van der Waals surface area contributed by atoms with Crippen molar-refractivity contribution in [3.05, 3.63) is 47.9 Å². The van der Waals surface area contributed by atoms with Crippen LogP contribution in [0.5, 0.6) is 0 Å². The lowest BCUT2D eigenvalue weighted by molar-refractivity contribution is 0.791. The maximum atomic E-state index is 2.34. The number of hydrogen-bond acceptors (Lipinski definition) is 0. The summed E-state index contributed by atoms with van der Waals surface area (Å²) >= 11 is 0. The third-order valence-electron chi connectivity index (χ3n) is 2.38. The van der Waals surface area contributed by atoms with E-state index in [1.807, 2.05) is 0 Å². The standard InChI is InChI=1S/C13H15/c1-10(2)9-12-8-7-11-5-3-4-6-13(11)12/h3-6,8-10H,7H2,1-2H3. The molecular formula is C13H15. The summed E-state index contributed by atoms with van der Waals surface area (Å²) < 4.78 is 0. The molecule has 67 valence electrons. The van der Waals surface area contributed by atoms with Gasteiger partial charge in [-0.15, -0.1) is 0 Å². The Morgan fingerprint density at radius 3 is 2.77 bits per heavy atom. The molecule has 0 saturated heterocycles. The van der Waals surface area contributed by atoms with Crippen LogP contribution in [0.3, 0.4) is 0 Å². The summed E-state index contributed by atoms with van der Waals surface area (Å²) in [4.78, 5) is 0. The van der Waals surface area contributed by atoms with Crippen molar-refractivity contribution < 1.29 is 0 Å². The van der Waals surface area contributed by atoms with E-state index in [4.69, 9.17) is 0 Å². The van der Waals surface area contributed by atoms with Crippen molar-refractivity contribution in [2.45, 2.75) is 20.3 Å². The van der Waals surface area contributed by atoms with Crippen molar-refractivity contribution >= 4 is 5.57 Å². The SMILES string of the molecule is CC(C)[CH]C1=CCc2ccccc21. The summed E-state index contributed by atoms with van der Waals surface area (Å²) in [5.41, 5.74) is 4.32. The predicted molar refractivity (Wildman–Crippen MR) is 57.3 cm³/mol. The van der Waals surface area contributed by atoms with Gasteiger partial charge in [-0.05, 0) is 35.5 Å². The first-order valence-electron chi connectivity index (χ1n) is 4.90. The van der Waals surface area contributed by atoms with Gasteiger partial charge in [0.25, 0.3) is 0 Å². The van der Waals surface area contributed by atoms with E-state index in [2.05, 4.69) is 50.6 Å². The van der Waals surface area contributed by atoms with Crippen LogP contribution in [0.15, 0.2) is 30.3 Å². The van der Waals surface area contributed by atoms with Crippen molar-refractivity contribution in [1.82, 2.24) is 0 Å². The normalized spacial score (nSPS) is 14.5. The van der Waals surface area contributed by atoms with Gasteiger partial charge in [-0.2, -0.15) is 0 Å². The Morgan fingerprint density at radius 2 is 2.00 bits per heavy atom. The quantitative estimate of drug-likeness (QED) is 0.639. The molecule has 0 heterocycles. The van der Waals surface area contributed by atoms with Gasteiger partial charge in [0.2, 0.25) is 0 Å². The Labute approximate surface area is 80.3 Å². The zero-order valence-corrected chi connectivity index (χ0v) is 8.25. The second-order valence-electron chi connectivity index (χ2n) is 3.93. The summed E-state index contributed by atoms with van der Waals surface area (Å²) in [6.07, 6.45) is 5.77. The van der Waals surface area contributed by atoms with Gasteiger partial charge in [-0.1, -0.05) is 44.2 Å². The highest BCUT2D eigenvalue weighted by Gasteiger charge is 2.13. The van der Waals surface area contributed by atoms with Gasteiger partial charge in [-0.3, -0.25) is 0 Å². The van der Waals surface area contributed by atoms with E-state index < -0.39 is 0 Å². The Bertz CT molecular complexity index is 332. The van der Waals surface area contributed by atoms with Crippen LogP contribution in [-0.2, 0) is 6.42 Å². The van der Waals surface area contributed by atoms with Crippen LogP contribution in [0.2, 0.25) is 0 Å². The number of rotatable bonds is 2. The molecule has 0 spiro atoms. The second kappa shape index (κ2) is 3.37. The third kappa shape index (κ3) is 1.67. The van der Waals surface area contributed by atoms with Crippen LogP contribution in [0.4, 0.5) is 0 Å². The van der Waals surface area contributed by atoms with Crippen molar-refractivity contribution in [3.63, 3.8) is 0 Å². The average molecular weight is 171 g/mol. The number of fused-ring (bicyclic) bond motifs is 1. The van der Waals surface area contributed by atoms with E-state index in [1.54, 1.807) is 0 Å². The minimum Gasteiger partial charge on any atom is -0.0760 e. The van der Waals surface area contributed by atoms with Crippen LogP contribution >= 0.6 is 0 Å². The minimum atomic E-state index is 0.636. The van der Waals surface area contributed by atoms with Gasteiger partial charge < -0.3 is 0 Å². The molecule has 1 aliphatic rings. The fraction of sp³-hybridized carbons (Fsp3) is 0.308. The Hall–Kier alpha value is -1.04. The monoisotopic (exact) mass is 171 g/mol. The molecule has 0 amide bonds. The lowest BCUT2D eigenvalue weighted by Gasteiger charge is -2.07. The van der Waals surface area contributed by atoms with Gasteiger partial charge >= 0.3 is 0 Å². The fourth-order valence-electron chi connectivity index (χ4n) is 1.83. The highest BCUT2D eigenvalue weighted by atomic mass is 14.2. The maximum absolute atomic E-state index is 2.34. The molecule has 0 bridgehead atoms. The summed E-state index contributed by atoms with van der Waals surface area (Å²) in [7, 11) is 0. The summed E-state index contributed by atoms with van der Waals surface area (Å²) in [6.45, 7) is 4.45. The van der Waals surface area contributed by atoms with Gasteiger partial charge in [0, 0.05) is 0 Å². The van der Waals surface area contributed by atoms with Crippen LogP contribution in [0, 0.1) is 12.3 Å². The first-order chi connectivity index (χ1) is 6.27. The van der Waals surface area contributed by atoms with E-state index in [0.717, 1.165) is 6.42 Å². The molecule has 0 aliphatic heterocycles. The Balaban J connectivity index is 2.26. The maximum Gasteiger partial charge on any atom is -0.00645 e. The summed E-state index contributed by atoms with van der Waals surface area (Å²) in [5.74, 6) is 0.636. The van der Waals surface area contributed by atoms with Crippen LogP contribution < -0.4 is 0 Å². The van der Waals surface area contributed by atoms with Gasteiger partial charge in [0.15, 0.2) is 0 Å². The molecule has 0 aromatic heterocycles. The summed E-state index contributed by atoms with van der Waals surface area (Å²) in [5, 5.41) is 0. The molecule has 0 nitrogen and oxygen atoms in total. The van der Waals surface area contributed by atoms with Crippen molar-refractivity contribution in [3.8, 4) is 0 Å². The predicted octanol–water partition coefficient (Wildman–Crippen LogP) is 3.49. The topological polar surface area (TPSA) is 0 Å². The molecule has 13 heavy (non-hydrogen) atoms. The Kier molecular flexibility index (Phi) is 2.22. The van der Waals surface area contributed by atoms with Gasteiger partial charge in [-0.25, -0.2) is 0 Å². The van der Waals surface area contributed by atoms with E-state index in [-0.39, 0.29) is 0 Å². The zero-order chi connectivity index (χ0) is 9.26. The molecule has 0 saturated carbocycles. The number of benzene rings is 1. The molecule has 1 aromatic carbocycles. The number of allylic oxidation sites excluding steroid dienone is 2. The highest BCUT2D eigenvalue weighted by molar-refractivity contribution is 5.78. The molecule has 1 aliphatic carbocycles. The first kappa shape index (κ1) is 8.55. The molecule has 0 N–H and O–H groups in total. The molecule has 1 aromatic rings. The largest absolute Gasteiger partial charge is 0.0760 e. The first-order valence-corrected chi connectivity index (χ1v) is 4.90. The molecule has 0 fully saturated rings. The molecule has 0 atom stereocenters.